The van der Waals surface area contributed by atoms with E-state index in [2.05, 4.69) is 0 Å². The number of alkyl halides is 2. The molecule has 0 bridgehead atoms. The van der Waals surface area contributed by atoms with Crippen molar-refractivity contribution in [3.63, 3.8) is 0 Å². The van der Waals surface area contributed by atoms with E-state index in [-0.39, 0.29) is 23.2 Å². The van der Waals surface area contributed by atoms with Crippen molar-refractivity contribution in [1.82, 2.24) is 0 Å². The fraction of sp³-hybridized carbons (Fsp3) is 0.538. The van der Waals surface area contributed by atoms with E-state index in [1.807, 2.05) is 13.8 Å². The minimum Gasteiger partial charge on any atom is -0.396 e. The van der Waals surface area contributed by atoms with Crippen molar-refractivity contribution in [2.45, 2.75) is 37.0 Å². The number of aliphatic hydroxyl groups is 1. The van der Waals surface area contributed by atoms with Gasteiger partial charge in [0.1, 0.15) is 0 Å². The van der Waals surface area contributed by atoms with Crippen molar-refractivity contribution in [3.05, 3.63) is 24.3 Å². The topological polar surface area (TPSA) is 57.6 Å². The Morgan fingerprint density at radius 3 is 2.35 bits per heavy atom. The van der Waals surface area contributed by atoms with Crippen LogP contribution in [0.5, 0.6) is 0 Å². The van der Waals surface area contributed by atoms with Crippen LogP contribution >= 0.6 is 0 Å². The monoisotopic (exact) mass is 307 g/mol. The van der Waals surface area contributed by atoms with E-state index < -0.39 is 15.6 Å². The van der Waals surface area contributed by atoms with Gasteiger partial charge >= 0.3 is 5.76 Å². The van der Waals surface area contributed by atoms with Gasteiger partial charge in [-0.2, -0.15) is 8.78 Å². The van der Waals surface area contributed by atoms with Gasteiger partial charge in [0, 0.05) is 19.2 Å². The maximum absolute atomic E-state index is 12.7. The standard InChI is InChI=1S/C13H19F2NO3S/c1-10(2)16(8-5-9-17)11-6-3-4-7-12(11)20(18,19)13(14)15/h3-4,6-7,10,13,17H,5,8-9H2,1-2H3. The van der Waals surface area contributed by atoms with Crippen LogP contribution in [-0.4, -0.2) is 38.5 Å². The largest absolute Gasteiger partial charge is 0.396 e. The quantitative estimate of drug-likeness (QED) is 0.839. The second kappa shape index (κ2) is 6.99. The minimum absolute atomic E-state index is 0.0486. The molecule has 0 heterocycles. The van der Waals surface area contributed by atoms with E-state index in [1.165, 1.54) is 18.2 Å². The third-order valence-corrected chi connectivity index (χ3v) is 4.32. The maximum Gasteiger partial charge on any atom is 0.341 e. The molecule has 7 heteroatoms. The molecule has 1 aromatic rings. The molecule has 4 nitrogen and oxygen atoms in total. The lowest BCUT2D eigenvalue weighted by Crippen LogP contribution is -2.33. The molecule has 0 atom stereocenters. The van der Waals surface area contributed by atoms with Gasteiger partial charge in [0.2, 0.25) is 9.84 Å². The lowest BCUT2D eigenvalue weighted by Gasteiger charge is -2.30. The highest BCUT2D eigenvalue weighted by molar-refractivity contribution is 7.91. The Kier molecular flexibility index (Phi) is 5.88. The molecule has 1 rings (SSSR count). The zero-order valence-corrected chi connectivity index (χ0v) is 12.3. The van der Waals surface area contributed by atoms with Crippen molar-refractivity contribution in [3.8, 4) is 0 Å². The molecule has 0 saturated heterocycles. The number of para-hydroxylation sites is 1. The summed E-state index contributed by atoms with van der Waals surface area (Å²) in [5, 5.41) is 8.90. The van der Waals surface area contributed by atoms with Gasteiger partial charge in [-0.05, 0) is 32.4 Å². The Morgan fingerprint density at radius 2 is 1.85 bits per heavy atom. The van der Waals surface area contributed by atoms with Crippen LogP contribution in [0.15, 0.2) is 29.2 Å². The molecule has 0 unspecified atom stereocenters. The zero-order chi connectivity index (χ0) is 15.3. The lowest BCUT2D eigenvalue weighted by molar-refractivity contribution is 0.234. The number of sulfone groups is 1. The van der Waals surface area contributed by atoms with E-state index in [9.17, 15) is 17.2 Å². The van der Waals surface area contributed by atoms with E-state index in [0.717, 1.165) is 0 Å². The molecule has 20 heavy (non-hydrogen) atoms. The number of hydrogen-bond donors (Lipinski definition) is 1. The van der Waals surface area contributed by atoms with Crippen molar-refractivity contribution < 1.29 is 22.3 Å². The lowest BCUT2D eigenvalue weighted by atomic mass is 10.2. The highest BCUT2D eigenvalue weighted by Gasteiger charge is 2.30. The Bertz CT molecular complexity index is 532. The molecule has 0 aromatic heterocycles. The first-order valence-corrected chi connectivity index (χ1v) is 7.85. The fourth-order valence-electron chi connectivity index (χ4n) is 1.93. The third-order valence-electron chi connectivity index (χ3n) is 2.90. The van der Waals surface area contributed by atoms with Crippen LogP contribution in [-0.2, 0) is 9.84 Å². The van der Waals surface area contributed by atoms with E-state index in [0.29, 0.717) is 13.0 Å². The molecule has 0 fully saturated rings. The molecule has 0 saturated carbocycles. The summed E-state index contributed by atoms with van der Waals surface area (Å²) >= 11 is 0. The van der Waals surface area contributed by atoms with Crippen LogP contribution in [0.1, 0.15) is 20.3 Å². The summed E-state index contributed by atoms with van der Waals surface area (Å²) in [6.07, 6.45) is 0.432. The first-order valence-electron chi connectivity index (χ1n) is 6.31. The number of aliphatic hydroxyl groups excluding tert-OH is 1. The van der Waals surface area contributed by atoms with Crippen LogP contribution in [0.2, 0.25) is 0 Å². The molecule has 0 amide bonds. The summed E-state index contributed by atoms with van der Waals surface area (Å²) in [5.74, 6) is -3.45. The Labute approximate surface area is 117 Å². The number of nitrogens with zero attached hydrogens (tertiary/aromatic N) is 1. The number of rotatable bonds is 7. The molecule has 0 aliphatic heterocycles. The normalized spacial score (nSPS) is 12.2. The Hall–Kier alpha value is -1.21. The summed E-state index contributed by atoms with van der Waals surface area (Å²) < 4.78 is 49.0. The third kappa shape index (κ3) is 3.67. The second-order valence-corrected chi connectivity index (χ2v) is 6.52. The summed E-state index contributed by atoms with van der Waals surface area (Å²) in [6.45, 7) is 4.02. The summed E-state index contributed by atoms with van der Waals surface area (Å²) in [5.41, 5.74) is 0.247. The molecule has 1 aromatic carbocycles. The molecule has 0 aliphatic carbocycles. The van der Waals surface area contributed by atoms with Gasteiger partial charge in [-0.25, -0.2) is 8.42 Å². The minimum atomic E-state index is -4.65. The predicted molar refractivity (Wildman–Crippen MR) is 73.8 cm³/mol. The Balaban J connectivity index is 3.30. The molecular weight excluding hydrogens is 288 g/mol. The summed E-state index contributed by atoms with van der Waals surface area (Å²) in [6, 6.07) is 5.64. The van der Waals surface area contributed by atoms with Crippen LogP contribution < -0.4 is 4.90 Å². The SMILES string of the molecule is CC(C)N(CCCO)c1ccccc1S(=O)(=O)C(F)F. The summed E-state index contributed by atoms with van der Waals surface area (Å²) in [4.78, 5) is 1.33. The van der Waals surface area contributed by atoms with Gasteiger partial charge in [-0.1, -0.05) is 12.1 Å². The van der Waals surface area contributed by atoms with Gasteiger partial charge in [0.05, 0.1) is 10.6 Å². The Morgan fingerprint density at radius 1 is 1.25 bits per heavy atom. The van der Waals surface area contributed by atoms with Gasteiger partial charge in [-0.15, -0.1) is 0 Å². The molecular formula is C13H19F2NO3S. The van der Waals surface area contributed by atoms with E-state index >= 15 is 0 Å². The first kappa shape index (κ1) is 16.8. The molecule has 1 N–H and O–H groups in total. The number of hydrogen-bond acceptors (Lipinski definition) is 4. The summed E-state index contributed by atoms with van der Waals surface area (Å²) in [7, 11) is -4.65. The maximum atomic E-state index is 12.7. The number of anilines is 1. The van der Waals surface area contributed by atoms with Crippen LogP contribution in [0, 0.1) is 0 Å². The molecule has 0 radical (unpaired) electrons. The van der Waals surface area contributed by atoms with Crippen molar-refractivity contribution in [1.29, 1.82) is 0 Å². The van der Waals surface area contributed by atoms with Gasteiger partial charge in [0.15, 0.2) is 0 Å². The molecule has 114 valence electrons. The van der Waals surface area contributed by atoms with Crippen LogP contribution in [0.4, 0.5) is 14.5 Å². The van der Waals surface area contributed by atoms with E-state index in [1.54, 1.807) is 11.0 Å². The highest BCUT2D eigenvalue weighted by atomic mass is 32.2. The van der Waals surface area contributed by atoms with Crippen LogP contribution in [0.25, 0.3) is 0 Å². The average molecular weight is 307 g/mol. The predicted octanol–water partition coefficient (Wildman–Crippen LogP) is 2.28. The van der Waals surface area contributed by atoms with Gasteiger partial charge in [0.25, 0.3) is 0 Å². The van der Waals surface area contributed by atoms with Crippen molar-refractivity contribution in [2.24, 2.45) is 0 Å². The van der Waals surface area contributed by atoms with Gasteiger partial charge in [-0.3, -0.25) is 0 Å². The van der Waals surface area contributed by atoms with Crippen molar-refractivity contribution >= 4 is 15.5 Å². The molecule has 0 aliphatic rings. The number of benzene rings is 1. The van der Waals surface area contributed by atoms with Crippen molar-refractivity contribution in [2.75, 3.05) is 18.1 Å². The smallest absolute Gasteiger partial charge is 0.341 e. The zero-order valence-electron chi connectivity index (χ0n) is 11.5. The highest BCUT2D eigenvalue weighted by Crippen LogP contribution is 2.30. The fourth-order valence-corrected chi connectivity index (χ4v) is 2.87. The van der Waals surface area contributed by atoms with E-state index in [4.69, 9.17) is 5.11 Å². The first-order chi connectivity index (χ1) is 9.32. The van der Waals surface area contributed by atoms with Crippen LogP contribution in [0.3, 0.4) is 0 Å². The second-order valence-electron chi connectivity index (χ2n) is 4.64. The average Bonchev–Trinajstić information content (AvgIpc) is 2.39. The van der Waals surface area contributed by atoms with Gasteiger partial charge < -0.3 is 10.0 Å². The number of halogens is 2. The molecule has 0 spiro atoms.